The van der Waals surface area contributed by atoms with Gasteiger partial charge in [0.05, 0.1) is 0 Å². The lowest BCUT2D eigenvalue weighted by molar-refractivity contribution is -0.0581. The Balaban J connectivity index is 2.27. The molecule has 84 valence electrons. The molecule has 0 radical (unpaired) electrons. The molecule has 1 fully saturated rings. The van der Waals surface area contributed by atoms with E-state index in [0.29, 0.717) is 0 Å². The van der Waals surface area contributed by atoms with Crippen molar-refractivity contribution in [3.8, 4) is 0 Å². The molecule has 1 heterocycles. The molecule has 1 aromatic rings. The van der Waals surface area contributed by atoms with Gasteiger partial charge in [0.15, 0.2) is 0 Å². The highest BCUT2D eigenvalue weighted by Gasteiger charge is 2.38. The summed E-state index contributed by atoms with van der Waals surface area (Å²) in [5.41, 5.74) is 1.03. The van der Waals surface area contributed by atoms with Crippen LogP contribution in [0.1, 0.15) is 43.3 Å². The van der Waals surface area contributed by atoms with Crippen molar-refractivity contribution in [3.05, 3.63) is 16.1 Å². The third-order valence-electron chi connectivity index (χ3n) is 3.36. The first-order valence-corrected chi connectivity index (χ1v) is 6.52. The van der Waals surface area contributed by atoms with Gasteiger partial charge in [-0.2, -0.15) is 0 Å². The van der Waals surface area contributed by atoms with E-state index in [1.807, 2.05) is 7.11 Å². The van der Waals surface area contributed by atoms with E-state index >= 15 is 0 Å². The van der Waals surface area contributed by atoms with E-state index in [1.54, 1.807) is 11.3 Å². The van der Waals surface area contributed by atoms with Crippen LogP contribution >= 0.6 is 11.3 Å². The van der Waals surface area contributed by atoms with Crippen LogP contribution in [0.4, 0.5) is 0 Å². The van der Waals surface area contributed by atoms with Gasteiger partial charge in [-0.15, -0.1) is 11.3 Å². The highest BCUT2D eigenvalue weighted by molar-refractivity contribution is 7.09. The van der Waals surface area contributed by atoms with E-state index in [-0.39, 0.29) is 5.60 Å². The first-order valence-electron chi connectivity index (χ1n) is 5.64. The second-order valence-electron chi connectivity index (χ2n) is 4.69. The standard InChI is InChI=1S/C12H19NOS/c1-9-5-4-6-12(7-9,14-3)11-13-10(2)8-15-11/h8-9H,4-7H2,1-3H3. The molecule has 1 aliphatic carbocycles. The van der Waals surface area contributed by atoms with Gasteiger partial charge in [-0.1, -0.05) is 13.3 Å². The second kappa shape index (κ2) is 4.22. The van der Waals surface area contributed by atoms with E-state index in [2.05, 4.69) is 24.2 Å². The predicted octanol–water partition coefficient (Wildman–Crippen LogP) is 3.50. The summed E-state index contributed by atoms with van der Waals surface area (Å²) < 4.78 is 5.80. The first kappa shape index (κ1) is 11.1. The Morgan fingerprint density at radius 3 is 2.93 bits per heavy atom. The van der Waals surface area contributed by atoms with Crippen molar-refractivity contribution in [1.29, 1.82) is 0 Å². The number of methoxy groups -OCH3 is 1. The Kier molecular flexibility index (Phi) is 3.12. The van der Waals surface area contributed by atoms with Gasteiger partial charge in [-0.05, 0) is 32.1 Å². The molecule has 2 atom stereocenters. The predicted molar refractivity (Wildman–Crippen MR) is 63.2 cm³/mol. The van der Waals surface area contributed by atoms with Crippen LogP contribution in [0.15, 0.2) is 5.38 Å². The van der Waals surface area contributed by atoms with E-state index < -0.39 is 0 Å². The summed E-state index contributed by atoms with van der Waals surface area (Å²) in [5, 5.41) is 3.30. The average Bonchev–Trinajstić information content (AvgIpc) is 2.65. The lowest BCUT2D eigenvalue weighted by Gasteiger charge is -2.37. The van der Waals surface area contributed by atoms with Crippen LogP contribution < -0.4 is 0 Å². The fourth-order valence-electron chi connectivity index (χ4n) is 2.53. The minimum atomic E-state index is -0.0867. The van der Waals surface area contributed by atoms with Gasteiger partial charge < -0.3 is 4.74 Å². The number of thiazole rings is 1. The number of hydrogen-bond acceptors (Lipinski definition) is 3. The fourth-order valence-corrected chi connectivity index (χ4v) is 3.55. The molecule has 0 saturated heterocycles. The fraction of sp³-hybridized carbons (Fsp3) is 0.750. The maximum absolute atomic E-state index is 5.80. The molecule has 3 heteroatoms. The molecule has 15 heavy (non-hydrogen) atoms. The monoisotopic (exact) mass is 225 g/mol. The van der Waals surface area contributed by atoms with Gasteiger partial charge in [-0.25, -0.2) is 4.98 Å². The van der Waals surface area contributed by atoms with Gasteiger partial charge in [-0.3, -0.25) is 0 Å². The minimum absolute atomic E-state index is 0.0867. The smallest absolute Gasteiger partial charge is 0.125 e. The van der Waals surface area contributed by atoms with Gasteiger partial charge in [0.25, 0.3) is 0 Å². The van der Waals surface area contributed by atoms with Crippen LogP contribution in [0.2, 0.25) is 0 Å². The third-order valence-corrected chi connectivity index (χ3v) is 4.50. The summed E-state index contributed by atoms with van der Waals surface area (Å²) in [5.74, 6) is 0.753. The summed E-state index contributed by atoms with van der Waals surface area (Å²) >= 11 is 1.75. The Morgan fingerprint density at radius 1 is 1.60 bits per heavy atom. The highest BCUT2D eigenvalue weighted by Crippen LogP contribution is 2.43. The topological polar surface area (TPSA) is 22.1 Å². The molecule has 1 saturated carbocycles. The van der Waals surface area contributed by atoms with Crippen molar-refractivity contribution in [3.63, 3.8) is 0 Å². The van der Waals surface area contributed by atoms with Crippen LogP contribution in [0.5, 0.6) is 0 Å². The Labute approximate surface area is 95.7 Å². The molecule has 2 nitrogen and oxygen atoms in total. The van der Waals surface area contributed by atoms with E-state index in [9.17, 15) is 0 Å². The summed E-state index contributed by atoms with van der Waals surface area (Å²) in [6, 6.07) is 0. The summed E-state index contributed by atoms with van der Waals surface area (Å²) in [4.78, 5) is 4.61. The lowest BCUT2D eigenvalue weighted by Crippen LogP contribution is -2.34. The Hall–Kier alpha value is -0.410. The van der Waals surface area contributed by atoms with Crippen LogP contribution in [0, 0.1) is 12.8 Å². The molecule has 0 amide bonds. The van der Waals surface area contributed by atoms with Crippen molar-refractivity contribution in [2.45, 2.75) is 45.1 Å². The van der Waals surface area contributed by atoms with Crippen LogP contribution in [0.3, 0.4) is 0 Å². The molecule has 1 aliphatic rings. The average molecular weight is 225 g/mol. The maximum atomic E-state index is 5.80. The zero-order valence-corrected chi connectivity index (χ0v) is 10.6. The SMILES string of the molecule is COC1(c2nc(C)cs2)CCCC(C)C1. The van der Waals surface area contributed by atoms with Crippen LogP contribution in [0.25, 0.3) is 0 Å². The molecular weight excluding hydrogens is 206 g/mol. The van der Waals surface area contributed by atoms with Crippen LogP contribution in [-0.2, 0) is 10.3 Å². The number of ether oxygens (including phenoxy) is 1. The largest absolute Gasteiger partial charge is 0.371 e. The normalized spacial score (nSPS) is 31.8. The number of hydrogen-bond donors (Lipinski definition) is 0. The molecule has 1 aromatic heterocycles. The van der Waals surface area contributed by atoms with Crippen molar-refractivity contribution in [2.75, 3.05) is 7.11 Å². The molecule has 0 bridgehead atoms. The number of aryl methyl sites for hydroxylation is 1. The maximum Gasteiger partial charge on any atom is 0.125 e. The third kappa shape index (κ3) is 2.08. The van der Waals surface area contributed by atoms with Crippen molar-refractivity contribution >= 4 is 11.3 Å². The molecule has 0 spiro atoms. The van der Waals surface area contributed by atoms with Crippen molar-refractivity contribution < 1.29 is 4.74 Å². The molecule has 0 aliphatic heterocycles. The molecule has 0 N–H and O–H groups in total. The number of nitrogens with zero attached hydrogens (tertiary/aromatic N) is 1. The lowest BCUT2D eigenvalue weighted by atomic mass is 9.79. The number of rotatable bonds is 2. The van der Waals surface area contributed by atoms with E-state index in [0.717, 1.165) is 24.5 Å². The molecule has 2 rings (SSSR count). The minimum Gasteiger partial charge on any atom is -0.371 e. The molecule has 2 unspecified atom stereocenters. The van der Waals surface area contributed by atoms with Gasteiger partial charge in [0.1, 0.15) is 10.6 Å². The number of aromatic nitrogens is 1. The molecule has 0 aromatic carbocycles. The Morgan fingerprint density at radius 2 is 2.40 bits per heavy atom. The highest BCUT2D eigenvalue weighted by atomic mass is 32.1. The first-order chi connectivity index (χ1) is 7.16. The quantitative estimate of drug-likeness (QED) is 0.768. The zero-order chi connectivity index (χ0) is 10.9. The summed E-state index contributed by atoms with van der Waals surface area (Å²) in [7, 11) is 1.83. The van der Waals surface area contributed by atoms with E-state index in [4.69, 9.17) is 4.74 Å². The van der Waals surface area contributed by atoms with Crippen molar-refractivity contribution in [1.82, 2.24) is 4.98 Å². The van der Waals surface area contributed by atoms with Crippen LogP contribution in [-0.4, -0.2) is 12.1 Å². The zero-order valence-electron chi connectivity index (χ0n) is 9.75. The summed E-state index contributed by atoms with van der Waals surface area (Å²) in [6.45, 7) is 4.36. The van der Waals surface area contributed by atoms with Gasteiger partial charge >= 0.3 is 0 Å². The Bertz CT molecular complexity index is 336. The van der Waals surface area contributed by atoms with Gasteiger partial charge in [0, 0.05) is 18.2 Å². The molecular formula is C12H19NOS. The van der Waals surface area contributed by atoms with E-state index in [1.165, 1.54) is 17.8 Å². The van der Waals surface area contributed by atoms with Gasteiger partial charge in [0.2, 0.25) is 0 Å². The van der Waals surface area contributed by atoms with Crippen molar-refractivity contribution in [2.24, 2.45) is 5.92 Å². The summed E-state index contributed by atoms with van der Waals surface area (Å²) in [6.07, 6.45) is 4.83. The second-order valence-corrected chi connectivity index (χ2v) is 5.55.